The van der Waals surface area contributed by atoms with Crippen molar-refractivity contribution in [1.82, 2.24) is 4.90 Å². The molecule has 1 atom stereocenters. The maximum atomic E-state index is 14.2. The number of rotatable bonds is 4. The number of carbonyl (C=O) groups is 2. The number of aromatic carboxylic acids is 1. The zero-order chi connectivity index (χ0) is 19.6. The summed E-state index contributed by atoms with van der Waals surface area (Å²) in [5, 5.41) is 8.99. The Kier molecular flexibility index (Phi) is 5.39. The van der Waals surface area contributed by atoms with E-state index in [0.29, 0.717) is 19.5 Å². The van der Waals surface area contributed by atoms with Gasteiger partial charge in [-0.3, -0.25) is 4.79 Å². The second-order valence-corrected chi connectivity index (χ2v) is 6.46. The van der Waals surface area contributed by atoms with Crippen LogP contribution in [0.4, 0.5) is 8.78 Å². The fourth-order valence-electron chi connectivity index (χ4n) is 3.39. The summed E-state index contributed by atoms with van der Waals surface area (Å²) in [7, 11) is 1.30. The predicted octanol–water partition coefficient (Wildman–Crippen LogP) is 3.69. The largest absolute Gasteiger partial charge is 0.496 e. The van der Waals surface area contributed by atoms with Gasteiger partial charge >= 0.3 is 5.97 Å². The van der Waals surface area contributed by atoms with Crippen molar-refractivity contribution in [3.05, 3.63) is 64.7 Å². The molecule has 2 aromatic carbocycles. The number of methoxy groups -OCH3 is 1. The van der Waals surface area contributed by atoms with Gasteiger partial charge in [-0.25, -0.2) is 13.6 Å². The Morgan fingerprint density at radius 2 is 1.85 bits per heavy atom. The van der Waals surface area contributed by atoms with Crippen molar-refractivity contribution in [2.45, 2.75) is 18.8 Å². The summed E-state index contributed by atoms with van der Waals surface area (Å²) >= 11 is 0. The lowest BCUT2D eigenvalue weighted by Gasteiger charge is -2.33. The smallest absolute Gasteiger partial charge is 0.335 e. The summed E-state index contributed by atoms with van der Waals surface area (Å²) < 4.78 is 32.9. The molecule has 1 saturated heterocycles. The van der Waals surface area contributed by atoms with Crippen molar-refractivity contribution in [3.63, 3.8) is 0 Å². The van der Waals surface area contributed by atoms with Crippen molar-refractivity contribution in [1.29, 1.82) is 0 Å². The van der Waals surface area contributed by atoms with Gasteiger partial charge in [-0.2, -0.15) is 0 Å². The monoisotopic (exact) mass is 375 g/mol. The van der Waals surface area contributed by atoms with E-state index in [2.05, 4.69) is 0 Å². The molecule has 142 valence electrons. The third-order valence-corrected chi connectivity index (χ3v) is 4.83. The number of likely N-dealkylation sites (tertiary alicyclic amines) is 1. The van der Waals surface area contributed by atoms with E-state index in [4.69, 9.17) is 9.84 Å². The first kappa shape index (κ1) is 18.8. The molecule has 0 aromatic heterocycles. The van der Waals surface area contributed by atoms with Crippen LogP contribution >= 0.6 is 0 Å². The van der Waals surface area contributed by atoms with Gasteiger partial charge in [0.15, 0.2) is 11.6 Å². The van der Waals surface area contributed by atoms with Crippen LogP contribution in [-0.2, 0) is 0 Å². The van der Waals surface area contributed by atoms with Gasteiger partial charge in [-0.1, -0.05) is 12.1 Å². The Hall–Kier alpha value is -2.96. The molecule has 1 aliphatic heterocycles. The van der Waals surface area contributed by atoms with Crippen molar-refractivity contribution < 1.29 is 28.2 Å². The van der Waals surface area contributed by atoms with E-state index in [1.54, 1.807) is 12.1 Å². The van der Waals surface area contributed by atoms with Crippen molar-refractivity contribution in [2.24, 2.45) is 0 Å². The number of piperidine rings is 1. The molecule has 1 N–H and O–H groups in total. The number of carboxylic acids is 1. The van der Waals surface area contributed by atoms with Crippen LogP contribution in [-0.4, -0.2) is 42.1 Å². The summed E-state index contributed by atoms with van der Waals surface area (Å²) in [5.41, 5.74) is 0.692. The molecule has 0 bridgehead atoms. The van der Waals surface area contributed by atoms with Crippen LogP contribution in [0.3, 0.4) is 0 Å². The Morgan fingerprint density at radius 1 is 1.15 bits per heavy atom. The van der Waals surface area contributed by atoms with Gasteiger partial charge < -0.3 is 14.7 Å². The molecule has 0 aliphatic carbocycles. The molecule has 3 rings (SSSR count). The van der Waals surface area contributed by atoms with Crippen LogP contribution in [0.5, 0.6) is 5.75 Å². The normalized spacial score (nSPS) is 16.9. The van der Waals surface area contributed by atoms with Gasteiger partial charge in [-0.15, -0.1) is 0 Å². The molecule has 1 heterocycles. The minimum atomic E-state index is -1.22. The van der Waals surface area contributed by atoms with Crippen LogP contribution in [0, 0.1) is 11.6 Å². The van der Waals surface area contributed by atoms with Gasteiger partial charge in [-0.05, 0) is 42.7 Å². The highest BCUT2D eigenvalue weighted by atomic mass is 19.2. The van der Waals surface area contributed by atoms with Gasteiger partial charge in [0, 0.05) is 19.0 Å². The number of ether oxygens (including phenoxy) is 1. The second kappa shape index (κ2) is 7.73. The summed E-state index contributed by atoms with van der Waals surface area (Å²) in [5.74, 6) is -3.95. The maximum absolute atomic E-state index is 14.2. The fourth-order valence-corrected chi connectivity index (χ4v) is 3.39. The van der Waals surface area contributed by atoms with Crippen LogP contribution in [0.15, 0.2) is 36.4 Å². The highest BCUT2D eigenvalue weighted by molar-refractivity contribution is 5.97. The van der Waals surface area contributed by atoms with E-state index in [1.807, 2.05) is 0 Å². The van der Waals surface area contributed by atoms with E-state index in [0.717, 1.165) is 18.1 Å². The minimum Gasteiger partial charge on any atom is -0.496 e. The van der Waals surface area contributed by atoms with E-state index >= 15 is 0 Å². The first-order valence-electron chi connectivity index (χ1n) is 8.57. The molecule has 0 spiro atoms. The van der Waals surface area contributed by atoms with E-state index < -0.39 is 29.1 Å². The molecular weight excluding hydrogens is 356 g/mol. The summed E-state index contributed by atoms with van der Waals surface area (Å²) in [6, 6.07) is 8.66. The lowest BCUT2D eigenvalue weighted by molar-refractivity contribution is 0.0690. The summed E-state index contributed by atoms with van der Waals surface area (Å²) in [4.78, 5) is 25.3. The van der Waals surface area contributed by atoms with Crippen LogP contribution in [0.25, 0.3) is 0 Å². The molecule has 0 saturated carbocycles. The third kappa shape index (κ3) is 3.77. The first-order valence-corrected chi connectivity index (χ1v) is 8.57. The van der Waals surface area contributed by atoms with Gasteiger partial charge in [0.2, 0.25) is 0 Å². The number of hydrogen-bond acceptors (Lipinski definition) is 3. The quantitative estimate of drug-likeness (QED) is 0.885. The number of benzene rings is 2. The molecule has 1 aliphatic rings. The van der Waals surface area contributed by atoms with Gasteiger partial charge in [0.25, 0.3) is 5.91 Å². The molecule has 27 heavy (non-hydrogen) atoms. The van der Waals surface area contributed by atoms with Crippen molar-refractivity contribution in [3.8, 4) is 5.75 Å². The predicted molar refractivity (Wildman–Crippen MR) is 94.2 cm³/mol. The van der Waals surface area contributed by atoms with Crippen molar-refractivity contribution >= 4 is 11.9 Å². The summed E-state index contributed by atoms with van der Waals surface area (Å²) in [6.45, 7) is 0.770. The molecule has 1 unspecified atom stereocenters. The van der Waals surface area contributed by atoms with Crippen LogP contribution in [0.2, 0.25) is 0 Å². The first-order chi connectivity index (χ1) is 12.9. The zero-order valence-electron chi connectivity index (χ0n) is 14.7. The highest BCUT2D eigenvalue weighted by Crippen LogP contribution is 2.31. The van der Waals surface area contributed by atoms with E-state index in [-0.39, 0.29) is 17.2 Å². The van der Waals surface area contributed by atoms with Crippen LogP contribution < -0.4 is 4.74 Å². The van der Waals surface area contributed by atoms with E-state index in [1.165, 1.54) is 30.2 Å². The highest BCUT2D eigenvalue weighted by Gasteiger charge is 2.30. The zero-order valence-corrected chi connectivity index (χ0v) is 14.7. The Labute approximate surface area is 155 Å². The van der Waals surface area contributed by atoms with E-state index in [9.17, 15) is 18.4 Å². The lowest BCUT2D eigenvalue weighted by atomic mass is 9.89. The molecule has 1 fully saturated rings. The second-order valence-electron chi connectivity index (χ2n) is 6.46. The number of amides is 1. The SMILES string of the molecule is COc1ccc(F)c(F)c1C(=O)N1CCCC(c2ccc(C(=O)O)cc2)C1. The van der Waals surface area contributed by atoms with Gasteiger partial charge in [0.05, 0.1) is 12.7 Å². The maximum Gasteiger partial charge on any atom is 0.335 e. The standard InChI is InChI=1S/C20H19F2NO4/c1-27-16-9-8-15(21)18(22)17(16)19(24)23-10-2-3-14(11-23)12-4-6-13(7-5-12)20(25)26/h4-9,14H,2-3,10-11H2,1H3,(H,25,26). The molecule has 5 nitrogen and oxygen atoms in total. The van der Waals surface area contributed by atoms with Crippen LogP contribution in [0.1, 0.15) is 45.0 Å². The molecule has 0 radical (unpaired) electrons. The Balaban J connectivity index is 1.83. The van der Waals surface area contributed by atoms with Gasteiger partial charge in [0.1, 0.15) is 11.3 Å². The Morgan fingerprint density at radius 3 is 2.48 bits per heavy atom. The number of nitrogens with zero attached hydrogens (tertiary/aromatic N) is 1. The summed E-state index contributed by atoms with van der Waals surface area (Å²) in [6.07, 6.45) is 1.52. The average molecular weight is 375 g/mol. The minimum absolute atomic E-state index is 0.00633. The average Bonchev–Trinajstić information content (AvgIpc) is 2.69. The molecule has 2 aromatic rings. The number of carbonyl (C=O) groups excluding carboxylic acids is 1. The number of halogens is 2. The number of hydrogen-bond donors (Lipinski definition) is 1. The topological polar surface area (TPSA) is 66.8 Å². The molecule has 1 amide bonds. The fraction of sp³-hybridized carbons (Fsp3) is 0.300. The third-order valence-electron chi connectivity index (χ3n) is 4.83. The van der Waals surface area contributed by atoms with Crippen molar-refractivity contribution in [2.75, 3.05) is 20.2 Å². The molecular formula is C20H19F2NO4. The number of carboxylic acid groups (broad SMARTS) is 1. The lowest BCUT2D eigenvalue weighted by Crippen LogP contribution is -2.39. The Bertz CT molecular complexity index is 867. The molecule has 7 heteroatoms.